The number of hydrogen-bond donors (Lipinski definition) is 2. The Hall–Kier alpha value is -2.51. The average Bonchev–Trinajstić information content (AvgIpc) is 3.03. The van der Waals surface area contributed by atoms with Crippen molar-refractivity contribution in [3.05, 3.63) is 59.1 Å². The van der Waals surface area contributed by atoms with E-state index in [9.17, 15) is 9.59 Å². The first-order valence-corrected chi connectivity index (χ1v) is 8.77. The normalized spacial score (nSPS) is 10.6. The number of rotatable bonds is 5. The number of para-hydroxylation sites is 2. The number of thioether (sulfide) groups is 1. The van der Waals surface area contributed by atoms with Crippen molar-refractivity contribution in [3.63, 3.8) is 0 Å². The van der Waals surface area contributed by atoms with Crippen molar-refractivity contribution in [2.45, 2.75) is 11.6 Å². The molecular weight excluding hydrogens is 362 g/mol. The molecule has 0 saturated carbocycles. The number of fused-ring (bicyclic) bond motifs is 1. The molecular formula is C17H14ClN3O3S. The zero-order chi connectivity index (χ0) is 17.6. The minimum absolute atomic E-state index is 0.0774. The van der Waals surface area contributed by atoms with Gasteiger partial charge >= 0.3 is 0 Å². The SMILES string of the molecule is O=C(CSc1nc2ccccc2o1)NNC(=O)Cc1ccc(Cl)cc1. The van der Waals surface area contributed by atoms with Crippen molar-refractivity contribution in [1.29, 1.82) is 0 Å². The van der Waals surface area contributed by atoms with Crippen LogP contribution in [0.3, 0.4) is 0 Å². The van der Waals surface area contributed by atoms with Crippen molar-refractivity contribution < 1.29 is 14.0 Å². The number of aromatic nitrogens is 1. The van der Waals surface area contributed by atoms with Crippen LogP contribution in [0.4, 0.5) is 0 Å². The largest absolute Gasteiger partial charge is 0.431 e. The number of hydrogen-bond acceptors (Lipinski definition) is 5. The Morgan fingerprint density at radius 2 is 1.76 bits per heavy atom. The molecule has 3 aromatic rings. The fourth-order valence-electron chi connectivity index (χ4n) is 2.05. The number of halogens is 1. The van der Waals surface area contributed by atoms with Crippen molar-refractivity contribution in [3.8, 4) is 0 Å². The average molecular weight is 376 g/mol. The lowest BCUT2D eigenvalue weighted by Gasteiger charge is -2.06. The molecule has 0 spiro atoms. The van der Waals surface area contributed by atoms with Crippen LogP contribution in [0.25, 0.3) is 11.1 Å². The minimum atomic E-state index is -0.350. The third kappa shape index (κ3) is 4.98. The van der Waals surface area contributed by atoms with Crippen molar-refractivity contribution in [1.82, 2.24) is 15.8 Å². The summed E-state index contributed by atoms with van der Waals surface area (Å²) >= 11 is 6.95. The fourth-order valence-corrected chi connectivity index (χ4v) is 2.81. The zero-order valence-electron chi connectivity index (χ0n) is 13.0. The molecule has 128 valence electrons. The van der Waals surface area contributed by atoms with Gasteiger partial charge in [0.1, 0.15) is 5.52 Å². The fraction of sp³-hybridized carbons (Fsp3) is 0.118. The van der Waals surface area contributed by atoms with Gasteiger partial charge in [0.05, 0.1) is 12.2 Å². The van der Waals surface area contributed by atoms with E-state index in [0.717, 1.165) is 22.8 Å². The first-order chi connectivity index (χ1) is 12.1. The molecule has 0 fully saturated rings. The van der Waals surface area contributed by atoms with E-state index in [1.54, 1.807) is 24.3 Å². The first-order valence-electron chi connectivity index (χ1n) is 7.40. The maximum atomic E-state index is 11.8. The zero-order valence-corrected chi connectivity index (χ0v) is 14.6. The summed E-state index contributed by atoms with van der Waals surface area (Å²) in [4.78, 5) is 27.9. The van der Waals surface area contributed by atoms with E-state index in [1.165, 1.54) is 0 Å². The van der Waals surface area contributed by atoms with E-state index in [4.69, 9.17) is 16.0 Å². The number of nitrogens with zero attached hydrogens (tertiary/aromatic N) is 1. The van der Waals surface area contributed by atoms with E-state index >= 15 is 0 Å². The molecule has 3 rings (SSSR count). The van der Waals surface area contributed by atoms with Crippen LogP contribution in [0.2, 0.25) is 5.02 Å². The molecule has 2 amide bonds. The maximum absolute atomic E-state index is 11.8. The van der Waals surface area contributed by atoms with Gasteiger partial charge in [-0.3, -0.25) is 20.4 Å². The number of nitrogens with one attached hydrogen (secondary N) is 2. The molecule has 0 atom stereocenters. The van der Waals surface area contributed by atoms with Crippen molar-refractivity contribution in [2.75, 3.05) is 5.75 Å². The van der Waals surface area contributed by atoms with E-state index in [-0.39, 0.29) is 24.0 Å². The van der Waals surface area contributed by atoms with Crippen LogP contribution in [0.5, 0.6) is 0 Å². The Bertz CT molecular complexity index is 863. The summed E-state index contributed by atoms with van der Waals surface area (Å²) < 4.78 is 5.51. The van der Waals surface area contributed by atoms with Crippen molar-refractivity contribution >= 4 is 46.3 Å². The van der Waals surface area contributed by atoms with Gasteiger partial charge in [-0.25, -0.2) is 4.98 Å². The summed E-state index contributed by atoms with van der Waals surface area (Å²) in [6.45, 7) is 0. The molecule has 0 unspecified atom stereocenters. The van der Waals surface area contributed by atoms with Crippen LogP contribution in [-0.4, -0.2) is 22.6 Å². The number of amides is 2. The number of carbonyl (C=O) groups is 2. The van der Waals surface area contributed by atoms with Crippen molar-refractivity contribution in [2.24, 2.45) is 0 Å². The van der Waals surface area contributed by atoms with Gasteiger partial charge in [-0.05, 0) is 29.8 Å². The second-order valence-electron chi connectivity index (χ2n) is 5.14. The van der Waals surface area contributed by atoms with Crippen LogP contribution in [-0.2, 0) is 16.0 Å². The van der Waals surface area contributed by atoms with Crippen LogP contribution < -0.4 is 10.9 Å². The highest BCUT2D eigenvalue weighted by Crippen LogP contribution is 2.22. The highest BCUT2D eigenvalue weighted by atomic mass is 35.5. The molecule has 0 radical (unpaired) electrons. The second kappa shape index (κ2) is 8.04. The van der Waals surface area contributed by atoms with Gasteiger partial charge in [0.25, 0.3) is 5.22 Å². The molecule has 2 aromatic carbocycles. The van der Waals surface area contributed by atoms with Crippen LogP contribution >= 0.6 is 23.4 Å². The molecule has 0 aliphatic carbocycles. The smallest absolute Gasteiger partial charge is 0.257 e. The van der Waals surface area contributed by atoms with Crippen LogP contribution in [0, 0.1) is 0 Å². The predicted molar refractivity (Wildman–Crippen MR) is 96.2 cm³/mol. The molecule has 6 nitrogen and oxygen atoms in total. The molecule has 0 aliphatic rings. The second-order valence-corrected chi connectivity index (χ2v) is 6.50. The Morgan fingerprint density at radius 1 is 1.04 bits per heavy atom. The molecule has 8 heteroatoms. The first kappa shape index (κ1) is 17.3. The van der Waals surface area contributed by atoms with Crippen LogP contribution in [0.15, 0.2) is 58.2 Å². The highest BCUT2D eigenvalue weighted by molar-refractivity contribution is 7.99. The summed E-state index contributed by atoms with van der Waals surface area (Å²) in [5, 5.41) is 1.01. The summed E-state index contributed by atoms with van der Waals surface area (Å²) in [7, 11) is 0. The van der Waals surface area contributed by atoms with Gasteiger partial charge in [0.15, 0.2) is 5.58 Å². The highest BCUT2D eigenvalue weighted by Gasteiger charge is 2.10. The third-order valence-corrected chi connectivity index (χ3v) is 4.30. The van der Waals surface area contributed by atoms with Gasteiger partial charge in [-0.1, -0.05) is 47.6 Å². The minimum Gasteiger partial charge on any atom is -0.431 e. The lowest BCUT2D eigenvalue weighted by Crippen LogP contribution is -2.43. The standard InChI is InChI=1S/C17H14ClN3O3S/c18-12-7-5-11(6-8-12)9-15(22)20-21-16(23)10-25-17-19-13-3-1-2-4-14(13)24-17/h1-8H,9-10H2,(H,20,22)(H,21,23). The number of oxazole rings is 1. The van der Waals surface area contributed by atoms with E-state index in [1.807, 2.05) is 24.3 Å². The topological polar surface area (TPSA) is 84.2 Å². The van der Waals surface area contributed by atoms with Gasteiger partial charge in [0, 0.05) is 5.02 Å². The van der Waals surface area contributed by atoms with Gasteiger partial charge in [0.2, 0.25) is 11.8 Å². The number of carbonyl (C=O) groups excluding carboxylic acids is 2. The molecule has 0 bridgehead atoms. The van der Waals surface area contributed by atoms with Gasteiger partial charge in [-0.15, -0.1) is 0 Å². The molecule has 25 heavy (non-hydrogen) atoms. The van der Waals surface area contributed by atoms with Crippen LogP contribution in [0.1, 0.15) is 5.56 Å². The van der Waals surface area contributed by atoms with E-state index < -0.39 is 0 Å². The quantitative estimate of drug-likeness (QED) is 0.529. The lowest BCUT2D eigenvalue weighted by atomic mass is 10.1. The molecule has 0 saturated heterocycles. The van der Waals surface area contributed by atoms with E-state index in [2.05, 4.69) is 15.8 Å². The van der Waals surface area contributed by atoms with Gasteiger partial charge < -0.3 is 4.42 Å². The summed E-state index contributed by atoms with van der Waals surface area (Å²) in [6.07, 6.45) is 0.149. The molecule has 2 N–H and O–H groups in total. The Morgan fingerprint density at radius 3 is 2.52 bits per heavy atom. The summed E-state index contributed by atoms with van der Waals surface area (Å²) in [5.74, 6) is -0.590. The maximum Gasteiger partial charge on any atom is 0.257 e. The number of benzene rings is 2. The van der Waals surface area contributed by atoms with E-state index in [0.29, 0.717) is 15.8 Å². The predicted octanol–water partition coefficient (Wildman–Crippen LogP) is 2.96. The molecule has 1 heterocycles. The molecule has 0 aliphatic heterocycles. The summed E-state index contributed by atoms with van der Waals surface area (Å²) in [6, 6.07) is 14.3. The molecule has 1 aromatic heterocycles. The van der Waals surface area contributed by atoms with Gasteiger partial charge in [-0.2, -0.15) is 0 Å². The Balaban J connectivity index is 1.43. The number of hydrazine groups is 1. The monoisotopic (exact) mass is 375 g/mol. The summed E-state index contributed by atoms with van der Waals surface area (Å²) in [5.41, 5.74) is 6.94. The third-order valence-electron chi connectivity index (χ3n) is 3.22. The lowest BCUT2D eigenvalue weighted by molar-refractivity contribution is -0.127. The Labute approximate surface area is 152 Å². The Kier molecular flexibility index (Phi) is 5.57.